The van der Waals surface area contributed by atoms with Gasteiger partial charge in [0.05, 0.1) is 19.8 Å². The fourth-order valence-electron chi connectivity index (χ4n) is 1.87. The summed E-state index contributed by atoms with van der Waals surface area (Å²) < 4.78 is 5.32. The van der Waals surface area contributed by atoms with Crippen LogP contribution in [0.1, 0.15) is 5.56 Å². The van der Waals surface area contributed by atoms with E-state index in [9.17, 15) is 0 Å². The first-order chi connectivity index (χ1) is 7.92. The average molecular weight is 218 g/mol. The number of benzene rings is 1. The largest absolute Gasteiger partial charge is 0.378 e. The first kappa shape index (κ1) is 10.8. The van der Waals surface area contributed by atoms with Crippen molar-refractivity contribution in [2.75, 3.05) is 31.2 Å². The molecule has 0 amide bonds. The minimum atomic E-state index is 0.407. The highest BCUT2D eigenvalue weighted by molar-refractivity contribution is 5.53. The Bertz CT molecular complexity index is 395. The van der Waals surface area contributed by atoms with Gasteiger partial charge in [-0.15, -0.1) is 0 Å². The zero-order valence-corrected chi connectivity index (χ0v) is 9.04. The molecular weight excluding hydrogens is 204 g/mol. The van der Waals surface area contributed by atoms with Crippen LogP contribution in [0.25, 0.3) is 10.4 Å². The van der Waals surface area contributed by atoms with Crippen molar-refractivity contribution in [2.24, 2.45) is 5.11 Å². The first-order valence-corrected chi connectivity index (χ1v) is 5.33. The molecule has 1 saturated heterocycles. The summed E-state index contributed by atoms with van der Waals surface area (Å²) in [5.74, 6) is 0. The highest BCUT2D eigenvalue weighted by Crippen LogP contribution is 2.22. The van der Waals surface area contributed by atoms with Crippen LogP contribution < -0.4 is 4.90 Å². The Balaban J connectivity index is 2.20. The quantitative estimate of drug-likeness (QED) is 0.444. The molecule has 0 radical (unpaired) electrons. The van der Waals surface area contributed by atoms with Crippen LogP contribution in [-0.4, -0.2) is 26.3 Å². The fraction of sp³-hybridized carbons (Fsp3) is 0.455. The van der Waals surface area contributed by atoms with Gasteiger partial charge in [0.2, 0.25) is 0 Å². The van der Waals surface area contributed by atoms with Crippen molar-refractivity contribution in [3.63, 3.8) is 0 Å². The summed E-state index contributed by atoms with van der Waals surface area (Å²) in [5.41, 5.74) is 10.6. The average Bonchev–Trinajstić information content (AvgIpc) is 2.38. The zero-order valence-electron chi connectivity index (χ0n) is 9.04. The van der Waals surface area contributed by atoms with Crippen molar-refractivity contribution < 1.29 is 4.74 Å². The number of rotatable bonds is 3. The van der Waals surface area contributed by atoms with Gasteiger partial charge in [0.1, 0.15) is 0 Å². The first-order valence-electron chi connectivity index (χ1n) is 5.33. The highest BCUT2D eigenvalue weighted by atomic mass is 16.5. The molecule has 0 bridgehead atoms. The molecule has 1 aromatic rings. The summed E-state index contributed by atoms with van der Waals surface area (Å²) in [6.45, 7) is 3.72. The number of ether oxygens (including phenoxy) is 1. The van der Waals surface area contributed by atoms with Gasteiger partial charge in [0, 0.05) is 23.7 Å². The SMILES string of the molecule is [N-]=[N+]=NCc1ccccc1N1CCOCC1. The molecule has 0 spiro atoms. The van der Waals surface area contributed by atoms with Crippen molar-refractivity contribution in [3.8, 4) is 0 Å². The maximum Gasteiger partial charge on any atom is 0.0642 e. The molecule has 0 aliphatic carbocycles. The van der Waals surface area contributed by atoms with Crippen molar-refractivity contribution in [1.82, 2.24) is 0 Å². The summed E-state index contributed by atoms with van der Waals surface area (Å²) in [7, 11) is 0. The number of para-hydroxylation sites is 1. The van der Waals surface area contributed by atoms with Gasteiger partial charge < -0.3 is 9.64 Å². The maximum atomic E-state index is 8.35. The van der Waals surface area contributed by atoms with Gasteiger partial charge in [0.25, 0.3) is 0 Å². The van der Waals surface area contributed by atoms with E-state index in [1.807, 2.05) is 18.2 Å². The molecule has 1 heterocycles. The van der Waals surface area contributed by atoms with E-state index >= 15 is 0 Å². The lowest BCUT2D eigenvalue weighted by atomic mass is 10.1. The molecule has 5 nitrogen and oxygen atoms in total. The van der Waals surface area contributed by atoms with E-state index in [-0.39, 0.29) is 0 Å². The third kappa shape index (κ3) is 2.45. The van der Waals surface area contributed by atoms with E-state index in [1.54, 1.807) is 0 Å². The van der Waals surface area contributed by atoms with Gasteiger partial charge in [-0.05, 0) is 17.2 Å². The van der Waals surface area contributed by atoms with Gasteiger partial charge in [0.15, 0.2) is 0 Å². The van der Waals surface area contributed by atoms with E-state index < -0.39 is 0 Å². The Morgan fingerprint density at radius 1 is 1.31 bits per heavy atom. The Labute approximate surface area is 94.3 Å². The van der Waals surface area contributed by atoms with Crippen LogP contribution in [-0.2, 0) is 11.3 Å². The van der Waals surface area contributed by atoms with E-state index in [4.69, 9.17) is 10.3 Å². The van der Waals surface area contributed by atoms with E-state index in [2.05, 4.69) is 21.0 Å². The van der Waals surface area contributed by atoms with Crippen molar-refractivity contribution in [1.29, 1.82) is 0 Å². The van der Waals surface area contributed by atoms with Crippen LogP contribution in [0.15, 0.2) is 29.4 Å². The number of anilines is 1. The molecule has 84 valence electrons. The summed E-state index contributed by atoms with van der Waals surface area (Å²) in [6, 6.07) is 8.03. The molecule has 1 aliphatic rings. The minimum absolute atomic E-state index is 0.407. The smallest absolute Gasteiger partial charge is 0.0642 e. The van der Waals surface area contributed by atoms with Crippen LogP contribution in [0.5, 0.6) is 0 Å². The normalized spacial score (nSPS) is 15.6. The number of nitrogens with zero attached hydrogens (tertiary/aromatic N) is 4. The van der Waals surface area contributed by atoms with Crippen molar-refractivity contribution in [3.05, 3.63) is 40.3 Å². The zero-order chi connectivity index (χ0) is 11.2. The van der Waals surface area contributed by atoms with Crippen molar-refractivity contribution in [2.45, 2.75) is 6.54 Å². The number of azide groups is 1. The fourth-order valence-corrected chi connectivity index (χ4v) is 1.87. The topological polar surface area (TPSA) is 61.2 Å². The molecular formula is C11H14N4O. The van der Waals surface area contributed by atoms with Crippen LogP contribution in [0.2, 0.25) is 0 Å². The van der Waals surface area contributed by atoms with Crippen LogP contribution in [0.4, 0.5) is 5.69 Å². The molecule has 0 saturated carbocycles. The van der Waals surface area contributed by atoms with Crippen LogP contribution in [0, 0.1) is 0 Å². The standard InChI is InChI=1S/C11H14N4O/c12-14-13-9-10-3-1-2-4-11(10)15-5-7-16-8-6-15/h1-4H,5-9H2. The van der Waals surface area contributed by atoms with Gasteiger partial charge in [-0.2, -0.15) is 0 Å². The van der Waals surface area contributed by atoms with Gasteiger partial charge in [-0.1, -0.05) is 23.3 Å². The lowest BCUT2D eigenvalue weighted by molar-refractivity contribution is 0.122. The van der Waals surface area contributed by atoms with Gasteiger partial charge >= 0.3 is 0 Å². The predicted molar refractivity (Wildman–Crippen MR) is 62.3 cm³/mol. The van der Waals surface area contributed by atoms with Gasteiger partial charge in [-0.25, -0.2) is 0 Å². The monoisotopic (exact) mass is 218 g/mol. The Morgan fingerprint density at radius 2 is 2.06 bits per heavy atom. The third-order valence-electron chi connectivity index (χ3n) is 2.65. The summed E-state index contributed by atoms with van der Waals surface area (Å²) in [4.78, 5) is 5.07. The molecule has 0 unspecified atom stereocenters. The van der Waals surface area contributed by atoms with Crippen molar-refractivity contribution >= 4 is 5.69 Å². The third-order valence-corrected chi connectivity index (χ3v) is 2.65. The number of morpholine rings is 1. The number of hydrogen-bond acceptors (Lipinski definition) is 3. The lowest BCUT2D eigenvalue weighted by Gasteiger charge is -2.30. The molecule has 0 N–H and O–H groups in total. The lowest BCUT2D eigenvalue weighted by Crippen LogP contribution is -2.36. The molecule has 1 fully saturated rings. The summed E-state index contributed by atoms with van der Waals surface area (Å²) >= 11 is 0. The molecule has 1 aromatic carbocycles. The van der Waals surface area contributed by atoms with E-state index in [1.165, 1.54) is 0 Å². The molecule has 2 rings (SSSR count). The maximum absolute atomic E-state index is 8.35. The second-order valence-electron chi connectivity index (χ2n) is 3.62. The minimum Gasteiger partial charge on any atom is -0.378 e. The molecule has 16 heavy (non-hydrogen) atoms. The second-order valence-corrected chi connectivity index (χ2v) is 3.62. The summed E-state index contributed by atoms with van der Waals surface area (Å²) in [5, 5.41) is 3.62. The Kier molecular flexibility index (Phi) is 3.64. The Morgan fingerprint density at radius 3 is 2.81 bits per heavy atom. The molecule has 0 aromatic heterocycles. The molecule has 0 atom stereocenters. The molecule has 5 heteroatoms. The molecule has 1 aliphatic heterocycles. The summed E-state index contributed by atoms with van der Waals surface area (Å²) in [6.07, 6.45) is 0. The van der Waals surface area contributed by atoms with Gasteiger partial charge in [-0.3, -0.25) is 0 Å². The second kappa shape index (κ2) is 5.39. The predicted octanol–water partition coefficient (Wildman–Crippen LogP) is 2.33. The number of hydrogen-bond donors (Lipinski definition) is 0. The van der Waals surface area contributed by atoms with Crippen LogP contribution in [0.3, 0.4) is 0 Å². The van der Waals surface area contributed by atoms with E-state index in [0.717, 1.165) is 37.6 Å². The Hall–Kier alpha value is -1.71. The van der Waals surface area contributed by atoms with E-state index in [0.29, 0.717) is 6.54 Å². The van der Waals surface area contributed by atoms with Crippen LogP contribution >= 0.6 is 0 Å². The highest BCUT2D eigenvalue weighted by Gasteiger charge is 2.13.